The third-order valence-electron chi connectivity index (χ3n) is 5.82. The largest absolute Gasteiger partial charge is 0.413 e. The highest BCUT2D eigenvalue weighted by molar-refractivity contribution is 9.11. The van der Waals surface area contributed by atoms with Crippen LogP contribution in [0.2, 0.25) is 18.1 Å². The molecule has 0 radical (unpaired) electrons. The number of hydrogen-bond donors (Lipinski definition) is 1. The summed E-state index contributed by atoms with van der Waals surface area (Å²) < 4.78 is 7.76. The standard InChI is InChI=1S/C16H29BrO2Si/c1-15(2,3)20(5,6)19-13-8-7-11-14(17)12(18)9-10-16(11,13)4/h12-13,18H,7-10H2,1-6H3/t12-,13-,16-/m0/s1. The van der Waals surface area contributed by atoms with Gasteiger partial charge in [-0.1, -0.05) is 43.6 Å². The van der Waals surface area contributed by atoms with E-state index < -0.39 is 8.32 Å². The van der Waals surface area contributed by atoms with Crippen LogP contribution in [0, 0.1) is 5.41 Å². The Labute approximate surface area is 133 Å². The van der Waals surface area contributed by atoms with Crippen LogP contribution in [0.4, 0.5) is 0 Å². The van der Waals surface area contributed by atoms with E-state index in [1.807, 2.05) is 0 Å². The van der Waals surface area contributed by atoms with E-state index in [1.165, 1.54) is 5.57 Å². The Bertz CT molecular complexity index is 425. The molecule has 0 aromatic heterocycles. The molecule has 2 rings (SSSR count). The van der Waals surface area contributed by atoms with Crippen molar-refractivity contribution in [3.63, 3.8) is 0 Å². The molecule has 1 fully saturated rings. The van der Waals surface area contributed by atoms with Crippen LogP contribution >= 0.6 is 15.9 Å². The van der Waals surface area contributed by atoms with Crippen LogP contribution in [0.5, 0.6) is 0 Å². The first-order valence-electron chi connectivity index (χ1n) is 7.74. The zero-order valence-corrected chi connectivity index (χ0v) is 16.3. The van der Waals surface area contributed by atoms with Gasteiger partial charge < -0.3 is 9.53 Å². The quantitative estimate of drug-likeness (QED) is 0.703. The smallest absolute Gasteiger partial charge is 0.192 e. The lowest BCUT2D eigenvalue weighted by Crippen LogP contribution is -2.47. The van der Waals surface area contributed by atoms with Crippen LogP contribution < -0.4 is 0 Å². The second-order valence-electron chi connectivity index (χ2n) is 8.20. The summed E-state index contributed by atoms with van der Waals surface area (Å²) in [5.41, 5.74) is 1.52. The van der Waals surface area contributed by atoms with E-state index in [0.29, 0.717) is 6.10 Å². The second-order valence-corrected chi connectivity index (χ2v) is 13.8. The maximum Gasteiger partial charge on any atom is 0.192 e. The first-order chi connectivity index (χ1) is 8.99. The molecular formula is C16H29BrO2Si. The van der Waals surface area contributed by atoms with Gasteiger partial charge in [-0.05, 0) is 49.4 Å². The molecule has 1 N–H and O–H groups in total. The molecule has 2 aliphatic carbocycles. The van der Waals surface area contributed by atoms with E-state index in [4.69, 9.17) is 4.43 Å². The van der Waals surface area contributed by atoms with Gasteiger partial charge in [0.05, 0.1) is 12.2 Å². The average molecular weight is 361 g/mol. The Morgan fingerprint density at radius 2 is 1.90 bits per heavy atom. The van der Waals surface area contributed by atoms with Crippen molar-refractivity contribution < 1.29 is 9.53 Å². The number of hydrogen-bond acceptors (Lipinski definition) is 2. The topological polar surface area (TPSA) is 29.5 Å². The monoisotopic (exact) mass is 360 g/mol. The Morgan fingerprint density at radius 3 is 2.45 bits per heavy atom. The maximum atomic E-state index is 10.1. The zero-order chi connectivity index (χ0) is 15.3. The van der Waals surface area contributed by atoms with Gasteiger partial charge in [-0.2, -0.15) is 0 Å². The minimum absolute atomic E-state index is 0.119. The summed E-state index contributed by atoms with van der Waals surface area (Å²) in [4.78, 5) is 0. The second kappa shape index (κ2) is 5.22. The van der Waals surface area contributed by atoms with Gasteiger partial charge >= 0.3 is 0 Å². The van der Waals surface area contributed by atoms with E-state index in [1.54, 1.807) is 0 Å². The molecule has 0 amide bonds. The minimum Gasteiger partial charge on any atom is -0.413 e. The van der Waals surface area contributed by atoms with Crippen LogP contribution in [0.25, 0.3) is 0 Å². The normalized spacial score (nSPS) is 35.4. The minimum atomic E-state index is -1.73. The lowest BCUT2D eigenvalue weighted by molar-refractivity contribution is 0.0667. The van der Waals surface area contributed by atoms with E-state index in [9.17, 15) is 5.11 Å². The molecule has 116 valence electrons. The molecule has 0 saturated heterocycles. The molecule has 0 bridgehead atoms. The highest BCUT2D eigenvalue weighted by atomic mass is 79.9. The van der Waals surface area contributed by atoms with Gasteiger partial charge in [0.15, 0.2) is 8.32 Å². The lowest BCUT2D eigenvalue weighted by Gasteiger charge is -2.45. The Hall–Kier alpha value is 0.357. The Balaban J connectivity index is 2.25. The van der Waals surface area contributed by atoms with Gasteiger partial charge in [-0.25, -0.2) is 0 Å². The Kier molecular flexibility index (Phi) is 4.36. The Morgan fingerprint density at radius 1 is 1.30 bits per heavy atom. The fourth-order valence-corrected chi connectivity index (χ4v) is 5.59. The SMILES string of the molecule is CC(C)(C)[Si](C)(C)O[C@H]1CCC2=C(Br)[C@@H](O)CC[C@@]21C. The molecule has 0 unspecified atom stereocenters. The van der Waals surface area contributed by atoms with Crippen LogP contribution in [0.15, 0.2) is 10.1 Å². The third kappa shape index (κ3) is 2.69. The number of rotatable bonds is 2. The van der Waals surface area contributed by atoms with Crippen molar-refractivity contribution in [2.45, 2.75) is 83.7 Å². The molecule has 0 aromatic carbocycles. The fraction of sp³-hybridized carbons (Fsp3) is 0.875. The van der Waals surface area contributed by atoms with Crippen molar-refractivity contribution in [3.8, 4) is 0 Å². The van der Waals surface area contributed by atoms with Gasteiger partial charge in [-0.15, -0.1) is 0 Å². The van der Waals surface area contributed by atoms with Crippen molar-refractivity contribution in [1.29, 1.82) is 0 Å². The van der Waals surface area contributed by atoms with E-state index in [2.05, 4.69) is 56.7 Å². The lowest BCUT2D eigenvalue weighted by atomic mass is 9.74. The van der Waals surface area contributed by atoms with Gasteiger partial charge in [0.2, 0.25) is 0 Å². The summed E-state index contributed by atoms with van der Waals surface area (Å²) in [6.07, 6.45) is 4.06. The molecule has 4 heteroatoms. The van der Waals surface area contributed by atoms with Gasteiger partial charge in [-0.3, -0.25) is 0 Å². The molecule has 0 aromatic rings. The van der Waals surface area contributed by atoms with Crippen LogP contribution in [-0.2, 0) is 4.43 Å². The predicted octanol–water partition coefficient (Wildman–Crippen LogP) is 4.98. The van der Waals surface area contributed by atoms with Gasteiger partial charge in [0.1, 0.15) is 0 Å². The molecular weight excluding hydrogens is 332 g/mol. The summed E-state index contributed by atoms with van der Waals surface area (Å²) in [6, 6.07) is 0. The van der Waals surface area contributed by atoms with Gasteiger partial charge in [0.25, 0.3) is 0 Å². The summed E-state index contributed by atoms with van der Waals surface area (Å²) in [5.74, 6) is 0. The van der Waals surface area contributed by atoms with Gasteiger partial charge in [0, 0.05) is 9.90 Å². The zero-order valence-electron chi connectivity index (χ0n) is 13.7. The summed E-state index contributed by atoms with van der Waals surface area (Å²) in [6.45, 7) is 13.9. The van der Waals surface area contributed by atoms with E-state index >= 15 is 0 Å². The van der Waals surface area contributed by atoms with E-state index in [0.717, 1.165) is 30.2 Å². The van der Waals surface area contributed by atoms with Crippen molar-refractivity contribution in [2.24, 2.45) is 5.41 Å². The van der Waals surface area contributed by atoms with Crippen molar-refractivity contribution >= 4 is 24.2 Å². The molecule has 2 nitrogen and oxygen atoms in total. The van der Waals surface area contributed by atoms with Crippen LogP contribution in [-0.4, -0.2) is 25.6 Å². The first-order valence-corrected chi connectivity index (χ1v) is 11.4. The van der Waals surface area contributed by atoms with Crippen LogP contribution in [0.3, 0.4) is 0 Å². The molecule has 20 heavy (non-hydrogen) atoms. The van der Waals surface area contributed by atoms with Crippen molar-refractivity contribution in [3.05, 3.63) is 10.1 Å². The summed E-state index contributed by atoms with van der Waals surface area (Å²) in [7, 11) is -1.73. The molecule has 0 heterocycles. The molecule has 3 atom stereocenters. The van der Waals surface area contributed by atoms with E-state index in [-0.39, 0.29) is 16.6 Å². The highest BCUT2D eigenvalue weighted by Crippen LogP contribution is 2.55. The molecule has 0 spiro atoms. The first kappa shape index (κ1) is 16.7. The number of fused-ring (bicyclic) bond motifs is 1. The predicted molar refractivity (Wildman–Crippen MR) is 90.6 cm³/mol. The molecule has 0 aliphatic heterocycles. The fourth-order valence-electron chi connectivity index (χ4n) is 3.26. The van der Waals surface area contributed by atoms with Crippen molar-refractivity contribution in [2.75, 3.05) is 0 Å². The molecule has 1 saturated carbocycles. The average Bonchev–Trinajstić information content (AvgIpc) is 2.61. The van der Waals surface area contributed by atoms with Crippen molar-refractivity contribution in [1.82, 2.24) is 0 Å². The molecule has 2 aliphatic rings. The number of halogens is 1. The highest BCUT2D eigenvalue weighted by Gasteiger charge is 2.51. The maximum absolute atomic E-state index is 10.1. The number of aliphatic hydroxyl groups is 1. The summed E-state index contributed by atoms with van der Waals surface area (Å²) in [5, 5.41) is 10.3. The van der Waals surface area contributed by atoms with Crippen LogP contribution in [0.1, 0.15) is 53.4 Å². The number of aliphatic hydroxyl groups excluding tert-OH is 1. The third-order valence-corrected chi connectivity index (χ3v) is 11.3. The summed E-state index contributed by atoms with van der Waals surface area (Å²) >= 11 is 3.63.